The van der Waals surface area contributed by atoms with Crippen molar-refractivity contribution in [1.82, 2.24) is 10.6 Å². The summed E-state index contributed by atoms with van der Waals surface area (Å²) >= 11 is 0. The highest BCUT2D eigenvalue weighted by molar-refractivity contribution is 5.79. The van der Waals surface area contributed by atoms with Crippen LogP contribution in [0.15, 0.2) is 0 Å². The molecule has 0 spiro atoms. The lowest BCUT2D eigenvalue weighted by atomic mass is 10.2. The third kappa shape index (κ3) is 3.77. The second kappa shape index (κ2) is 5.62. The van der Waals surface area contributed by atoms with Crippen molar-refractivity contribution in [3.8, 4) is 0 Å². The molecule has 1 saturated heterocycles. The van der Waals surface area contributed by atoms with Crippen LogP contribution in [-0.4, -0.2) is 24.4 Å². The molecule has 4 heteroatoms. The van der Waals surface area contributed by atoms with Crippen molar-refractivity contribution in [3.63, 3.8) is 0 Å². The summed E-state index contributed by atoms with van der Waals surface area (Å²) in [5, 5.41) is 5.64. The second-order valence-corrected chi connectivity index (χ2v) is 3.71. The van der Waals surface area contributed by atoms with Crippen molar-refractivity contribution in [2.24, 2.45) is 0 Å². The topological polar surface area (TPSA) is 58.2 Å². The quantitative estimate of drug-likeness (QED) is 0.678. The molecule has 14 heavy (non-hydrogen) atoms. The van der Waals surface area contributed by atoms with Gasteiger partial charge in [-0.1, -0.05) is 13.3 Å². The van der Waals surface area contributed by atoms with E-state index in [1.54, 1.807) is 0 Å². The van der Waals surface area contributed by atoms with E-state index in [-0.39, 0.29) is 17.9 Å². The maximum Gasteiger partial charge on any atom is 0.220 e. The molecule has 0 aromatic heterocycles. The van der Waals surface area contributed by atoms with Crippen LogP contribution in [0.1, 0.15) is 39.0 Å². The van der Waals surface area contributed by atoms with Gasteiger partial charge in [-0.05, 0) is 12.8 Å². The minimum atomic E-state index is 0.0907. The summed E-state index contributed by atoms with van der Waals surface area (Å²) in [6.07, 6.45) is 4.00. The highest BCUT2D eigenvalue weighted by Crippen LogP contribution is 2.05. The van der Waals surface area contributed by atoms with Crippen LogP contribution in [0.5, 0.6) is 0 Å². The van der Waals surface area contributed by atoms with E-state index in [9.17, 15) is 9.59 Å². The average Bonchev–Trinajstić information content (AvgIpc) is 2.58. The molecule has 2 N–H and O–H groups in total. The summed E-state index contributed by atoms with van der Waals surface area (Å²) in [4.78, 5) is 22.1. The maximum atomic E-state index is 11.2. The molecule has 1 heterocycles. The van der Waals surface area contributed by atoms with Gasteiger partial charge in [0.15, 0.2) is 0 Å². The first-order chi connectivity index (χ1) is 6.72. The highest BCUT2D eigenvalue weighted by Gasteiger charge is 2.20. The zero-order chi connectivity index (χ0) is 10.4. The molecule has 1 fully saturated rings. The molecule has 0 saturated carbocycles. The summed E-state index contributed by atoms with van der Waals surface area (Å²) in [6.45, 7) is 2.64. The van der Waals surface area contributed by atoms with Crippen LogP contribution in [0.3, 0.4) is 0 Å². The van der Waals surface area contributed by atoms with Crippen molar-refractivity contribution in [2.75, 3.05) is 6.54 Å². The summed E-state index contributed by atoms with van der Waals surface area (Å²) in [5.74, 6) is 0.186. The Labute approximate surface area is 84.4 Å². The van der Waals surface area contributed by atoms with Gasteiger partial charge in [-0.2, -0.15) is 0 Å². The standard InChI is InChI=1S/C10H18N2O2/c1-2-3-4-9(13)11-7-8-5-6-10(14)12-8/h8H,2-7H2,1H3,(H,11,13)(H,12,14). The molecule has 80 valence electrons. The normalized spacial score (nSPS) is 20.6. The summed E-state index contributed by atoms with van der Waals surface area (Å²) in [5.41, 5.74) is 0. The highest BCUT2D eigenvalue weighted by atomic mass is 16.2. The molecule has 1 aliphatic heterocycles. The number of amides is 2. The average molecular weight is 198 g/mol. The first-order valence-electron chi connectivity index (χ1n) is 5.28. The first-order valence-corrected chi connectivity index (χ1v) is 5.28. The molecule has 1 aliphatic rings. The van der Waals surface area contributed by atoms with Crippen molar-refractivity contribution in [1.29, 1.82) is 0 Å². The van der Waals surface area contributed by atoms with Crippen LogP contribution in [0.4, 0.5) is 0 Å². The molecular weight excluding hydrogens is 180 g/mol. The number of hydrogen-bond acceptors (Lipinski definition) is 2. The molecule has 1 unspecified atom stereocenters. The van der Waals surface area contributed by atoms with Gasteiger partial charge >= 0.3 is 0 Å². The van der Waals surface area contributed by atoms with Gasteiger partial charge in [-0.25, -0.2) is 0 Å². The minimum absolute atomic E-state index is 0.0907. The molecule has 1 atom stereocenters. The van der Waals surface area contributed by atoms with Gasteiger partial charge in [0.05, 0.1) is 0 Å². The lowest BCUT2D eigenvalue weighted by Gasteiger charge is -2.10. The fourth-order valence-electron chi connectivity index (χ4n) is 1.49. The third-order valence-electron chi connectivity index (χ3n) is 2.39. The molecule has 0 bridgehead atoms. The van der Waals surface area contributed by atoms with Crippen LogP contribution in [0.2, 0.25) is 0 Å². The maximum absolute atomic E-state index is 11.2. The van der Waals surface area contributed by atoms with E-state index in [0.717, 1.165) is 19.3 Å². The smallest absolute Gasteiger partial charge is 0.220 e. The number of nitrogens with one attached hydrogen (secondary N) is 2. The Morgan fingerprint density at radius 2 is 2.43 bits per heavy atom. The Balaban J connectivity index is 2.08. The van der Waals surface area contributed by atoms with E-state index in [0.29, 0.717) is 19.4 Å². The Bertz CT molecular complexity index is 216. The molecule has 0 aromatic rings. The van der Waals surface area contributed by atoms with E-state index in [1.165, 1.54) is 0 Å². The summed E-state index contributed by atoms with van der Waals surface area (Å²) < 4.78 is 0. The van der Waals surface area contributed by atoms with Crippen LogP contribution in [-0.2, 0) is 9.59 Å². The Hall–Kier alpha value is -1.06. The zero-order valence-corrected chi connectivity index (χ0v) is 8.64. The van der Waals surface area contributed by atoms with Crippen LogP contribution < -0.4 is 10.6 Å². The Kier molecular flexibility index (Phi) is 4.43. The lowest BCUT2D eigenvalue weighted by Crippen LogP contribution is -2.38. The van der Waals surface area contributed by atoms with Gasteiger partial charge < -0.3 is 10.6 Å². The van der Waals surface area contributed by atoms with E-state index in [4.69, 9.17) is 0 Å². The van der Waals surface area contributed by atoms with Gasteiger partial charge in [0.25, 0.3) is 0 Å². The molecular formula is C10H18N2O2. The third-order valence-corrected chi connectivity index (χ3v) is 2.39. The molecule has 0 radical (unpaired) electrons. The minimum Gasteiger partial charge on any atom is -0.354 e. The first kappa shape index (κ1) is 11.0. The van der Waals surface area contributed by atoms with Gasteiger partial charge in [0.1, 0.15) is 0 Å². The summed E-state index contributed by atoms with van der Waals surface area (Å²) in [6, 6.07) is 0.146. The van der Waals surface area contributed by atoms with Gasteiger partial charge in [0.2, 0.25) is 11.8 Å². The van der Waals surface area contributed by atoms with Crippen molar-refractivity contribution >= 4 is 11.8 Å². The van der Waals surface area contributed by atoms with Crippen LogP contribution >= 0.6 is 0 Å². The lowest BCUT2D eigenvalue weighted by molar-refractivity contribution is -0.122. The van der Waals surface area contributed by atoms with E-state index in [1.807, 2.05) is 0 Å². The molecule has 0 aliphatic carbocycles. The predicted octanol–water partition coefficient (Wildman–Crippen LogP) is 0.571. The monoisotopic (exact) mass is 198 g/mol. The van der Waals surface area contributed by atoms with Crippen molar-refractivity contribution in [2.45, 2.75) is 45.1 Å². The number of carbonyl (C=O) groups is 2. The van der Waals surface area contributed by atoms with Gasteiger partial charge in [-0.3, -0.25) is 9.59 Å². The van der Waals surface area contributed by atoms with Gasteiger partial charge in [0, 0.05) is 25.4 Å². The second-order valence-electron chi connectivity index (χ2n) is 3.71. The molecule has 1 rings (SSSR count). The summed E-state index contributed by atoms with van der Waals surface area (Å²) in [7, 11) is 0. The van der Waals surface area contributed by atoms with Crippen LogP contribution in [0, 0.1) is 0 Å². The number of unbranched alkanes of at least 4 members (excludes halogenated alkanes) is 1. The fourth-order valence-corrected chi connectivity index (χ4v) is 1.49. The predicted molar refractivity (Wildman–Crippen MR) is 53.7 cm³/mol. The van der Waals surface area contributed by atoms with Gasteiger partial charge in [-0.15, -0.1) is 0 Å². The van der Waals surface area contributed by atoms with E-state index < -0.39 is 0 Å². The van der Waals surface area contributed by atoms with E-state index in [2.05, 4.69) is 17.6 Å². The molecule has 2 amide bonds. The van der Waals surface area contributed by atoms with Crippen LogP contribution in [0.25, 0.3) is 0 Å². The zero-order valence-electron chi connectivity index (χ0n) is 8.64. The number of rotatable bonds is 5. The SMILES string of the molecule is CCCCC(=O)NCC1CCC(=O)N1. The fraction of sp³-hybridized carbons (Fsp3) is 0.800. The largest absolute Gasteiger partial charge is 0.354 e. The van der Waals surface area contributed by atoms with E-state index >= 15 is 0 Å². The number of carbonyl (C=O) groups excluding carboxylic acids is 2. The van der Waals surface area contributed by atoms with Crippen molar-refractivity contribution in [3.05, 3.63) is 0 Å². The number of hydrogen-bond donors (Lipinski definition) is 2. The van der Waals surface area contributed by atoms with Crippen molar-refractivity contribution < 1.29 is 9.59 Å². The molecule has 4 nitrogen and oxygen atoms in total. The Morgan fingerprint density at radius 1 is 1.64 bits per heavy atom. The molecule has 0 aromatic carbocycles. The Morgan fingerprint density at radius 3 is 3.00 bits per heavy atom.